The van der Waals surface area contributed by atoms with E-state index in [9.17, 15) is 0 Å². The molecule has 1 N–H and O–H groups in total. The van der Waals surface area contributed by atoms with E-state index in [0.29, 0.717) is 6.04 Å². The lowest BCUT2D eigenvalue weighted by molar-refractivity contribution is 0.559. The second-order valence-electron chi connectivity index (χ2n) is 4.45. The largest absolute Gasteiger partial charge is 0.307 e. The molecule has 0 spiro atoms. The van der Waals surface area contributed by atoms with E-state index in [1.807, 2.05) is 12.3 Å². The molecule has 3 heterocycles. The Balaban J connectivity index is 0.000000963. The van der Waals surface area contributed by atoms with Gasteiger partial charge in [-0.15, -0.1) is 12.4 Å². The molecule has 0 saturated carbocycles. The van der Waals surface area contributed by atoms with E-state index in [2.05, 4.69) is 28.5 Å². The molecule has 2 nitrogen and oxygen atoms in total. The van der Waals surface area contributed by atoms with Crippen LogP contribution in [0, 0.1) is 0 Å². The highest BCUT2D eigenvalue weighted by molar-refractivity contribution is 5.85. The summed E-state index contributed by atoms with van der Waals surface area (Å²) in [5.74, 6) is 0. The Bertz CT molecular complexity index is 375. The lowest BCUT2D eigenvalue weighted by atomic mass is 9.97. The van der Waals surface area contributed by atoms with E-state index < -0.39 is 0 Å². The quantitative estimate of drug-likeness (QED) is 0.811. The Morgan fingerprint density at radius 3 is 2.94 bits per heavy atom. The minimum Gasteiger partial charge on any atom is -0.307 e. The fraction of sp³-hybridized carbons (Fsp3) is 0.462. The molecule has 2 bridgehead atoms. The van der Waals surface area contributed by atoms with Crippen LogP contribution >= 0.6 is 12.4 Å². The van der Waals surface area contributed by atoms with E-state index in [1.165, 1.54) is 31.3 Å². The lowest BCUT2D eigenvalue weighted by Gasteiger charge is -2.14. The van der Waals surface area contributed by atoms with E-state index in [-0.39, 0.29) is 12.4 Å². The van der Waals surface area contributed by atoms with Crippen LogP contribution in [0.25, 0.3) is 5.57 Å². The van der Waals surface area contributed by atoms with Crippen molar-refractivity contribution in [3.63, 3.8) is 0 Å². The van der Waals surface area contributed by atoms with Gasteiger partial charge in [-0.1, -0.05) is 12.1 Å². The summed E-state index contributed by atoms with van der Waals surface area (Å²) < 4.78 is 0. The van der Waals surface area contributed by atoms with Gasteiger partial charge in [-0.3, -0.25) is 4.98 Å². The molecule has 0 aromatic carbocycles. The first-order valence-electron chi connectivity index (χ1n) is 5.81. The first-order chi connectivity index (χ1) is 7.43. The third kappa shape index (κ3) is 2.13. The first kappa shape index (κ1) is 11.6. The van der Waals surface area contributed by atoms with Crippen LogP contribution in [0.2, 0.25) is 0 Å². The molecule has 86 valence electrons. The molecule has 2 aliphatic rings. The van der Waals surface area contributed by atoms with Gasteiger partial charge in [0.1, 0.15) is 0 Å². The van der Waals surface area contributed by atoms with Crippen molar-refractivity contribution in [2.45, 2.75) is 37.8 Å². The van der Waals surface area contributed by atoms with Gasteiger partial charge in [0.05, 0.1) is 5.69 Å². The molecule has 3 rings (SSSR count). The van der Waals surface area contributed by atoms with Crippen LogP contribution < -0.4 is 5.32 Å². The van der Waals surface area contributed by atoms with Gasteiger partial charge in [-0.2, -0.15) is 0 Å². The SMILES string of the molecule is C1=C(c2ccccn2)C2CCC(CC1)N2.Cl. The molecule has 2 aliphatic heterocycles. The van der Waals surface area contributed by atoms with Crippen molar-refractivity contribution < 1.29 is 0 Å². The number of fused-ring (bicyclic) bond motifs is 2. The predicted octanol–water partition coefficient (Wildman–Crippen LogP) is 2.80. The second kappa shape index (κ2) is 4.98. The highest BCUT2D eigenvalue weighted by Crippen LogP contribution is 2.30. The van der Waals surface area contributed by atoms with Crippen molar-refractivity contribution >= 4 is 18.0 Å². The summed E-state index contributed by atoms with van der Waals surface area (Å²) in [6.07, 6.45) is 9.33. The van der Waals surface area contributed by atoms with E-state index in [0.717, 1.165) is 11.7 Å². The molecule has 16 heavy (non-hydrogen) atoms. The number of nitrogens with zero attached hydrogens (tertiary/aromatic N) is 1. The Hall–Kier alpha value is -0.860. The number of hydrogen-bond donors (Lipinski definition) is 1. The average Bonchev–Trinajstić information content (AvgIpc) is 2.61. The van der Waals surface area contributed by atoms with Crippen LogP contribution in [-0.4, -0.2) is 17.1 Å². The standard InChI is InChI=1S/C13H16N2.ClH/c1-2-9-14-12(6-1)11-5-3-4-10-7-8-13(11)15-10;/h1-2,5-6,9-10,13,15H,3-4,7-8H2;1H. The zero-order chi connectivity index (χ0) is 10.1. The minimum atomic E-state index is 0. The zero-order valence-corrected chi connectivity index (χ0v) is 10.0. The Kier molecular flexibility index (Phi) is 3.62. The van der Waals surface area contributed by atoms with E-state index >= 15 is 0 Å². The van der Waals surface area contributed by atoms with Crippen molar-refractivity contribution in [1.82, 2.24) is 10.3 Å². The van der Waals surface area contributed by atoms with Crippen LogP contribution in [0.15, 0.2) is 30.5 Å². The average molecular weight is 237 g/mol. The van der Waals surface area contributed by atoms with Gasteiger partial charge in [0, 0.05) is 18.3 Å². The summed E-state index contributed by atoms with van der Waals surface area (Å²) in [6, 6.07) is 7.46. The number of rotatable bonds is 1. The van der Waals surface area contributed by atoms with E-state index in [4.69, 9.17) is 0 Å². The third-order valence-electron chi connectivity index (χ3n) is 3.46. The number of pyridine rings is 1. The van der Waals surface area contributed by atoms with Gasteiger partial charge in [0.2, 0.25) is 0 Å². The van der Waals surface area contributed by atoms with Crippen molar-refractivity contribution in [3.05, 3.63) is 36.2 Å². The Morgan fingerprint density at radius 1 is 1.19 bits per heavy atom. The monoisotopic (exact) mass is 236 g/mol. The molecule has 1 aromatic rings. The lowest BCUT2D eigenvalue weighted by Crippen LogP contribution is -2.28. The number of halogens is 1. The fourth-order valence-corrected chi connectivity index (χ4v) is 2.69. The zero-order valence-electron chi connectivity index (χ0n) is 9.23. The molecular formula is C13H17ClN2. The van der Waals surface area contributed by atoms with Gasteiger partial charge in [-0.25, -0.2) is 0 Å². The molecule has 3 heteroatoms. The number of hydrogen-bond acceptors (Lipinski definition) is 2. The normalized spacial score (nSPS) is 27.9. The molecule has 1 aromatic heterocycles. The number of nitrogens with one attached hydrogen (secondary N) is 1. The maximum Gasteiger partial charge on any atom is 0.0674 e. The van der Waals surface area contributed by atoms with Crippen LogP contribution in [0.3, 0.4) is 0 Å². The highest BCUT2D eigenvalue weighted by Gasteiger charge is 2.29. The van der Waals surface area contributed by atoms with Gasteiger partial charge in [0.15, 0.2) is 0 Å². The molecule has 0 aliphatic carbocycles. The molecule has 0 radical (unpaired) electrons. The molecule has 1 fully saturated rings. The molecular weight excluding hydrogens is 220 g/mol. The van der Waals surface area contributed by atoms with Crippen molar-refractivity contribution in [1.29, 1.82) is 0 Å². The summed E-state index contributed by atoms with van der Waals surface area (Å²) in [7, 11) is 0. The molecule has 2 unspecified atom stereocenters. The topological polar surface area (TPSA) is 24.9 Å². The summed E-state index contributed by atoms with van der Waals surface area (Å²) in [5.41, 5.74) is 2.56. The van der Waals surface area contributed by atoms with Gasteiger partial charge in [0.25, 0.3) is 0 Å². The summed E-state index contributed by atoms with van der Waals surface area (Å²) in [5, 5.41) is 3.69. The predicted molar refractivity (Wildman–Crippen MR) is 68.6 cm³/mol. The summed E-state index contributed by atoms with van der Waals surface area (Å²) >= 11 is 0. The first-order valence-corrected chi connectivity index (χ1v) is 5.81. The summed E-state index contributed by atoms with van der Waals surface area (Å²) in [6.45, 7) is 0. The van der Waals surface area contributed by atoms with Crippen LogP contribution in [0.5, 0.6) is 0 Å². The van der Waals surface area contributed by atoms with Gasteiger partial charge < -0.3 is 5.32 Å². The highest BCUT2D eigenvalue weighted by atomic mass is 35.5. The van der Waals surface area contributed by atoms with Crippen LogP contribution in [0.4, 0.5) is 0 Å². The van der Waals surface area contributed by atoms with E-state index in [1.54, 1.807) is 0 Å². The Labute approximate surface area is 103 Å². The van der Waals surface area contributed by atoms with Crippen molar-refractivity contribution in [2.24, 2.45) is 0 Å². The summed E-state index contributed by atoms with van der Waals surface area (Å²) in [4.78, 5) is 4.45. The fourth-order valence-electron chi connectivity index (χ4n) is 2.69. The third-order valence-corrected chi connectivity index (χ3v) is 3.46. The molecule has 0 amide bonds. The van der Waals surface area contributed by atoms with Crippen LogP contribution in [0.1, 0.15) is 31.4 Å². The molecule has 2 atom stereocenters. The van der Waals surface area contributed by atoms with Gasteiger partial charge in [-0.05, 0) is 43.4 Å². The smallest absolute Gasteiger partial charge is 0.0674 e. The maximum absolute atomic E-state index is 4.45. The molecule has 1 saturated heterocycles. The van der Waals surface area contributed by atoms with Crippen LogP contribution in [-0.2, 0) is 0 Å². The maximum atomic E-state index is 4.45. The van der Waals surface area contributed by atoms with Crippen molar-refractivity contribution in [3.8, 4) is 0 Å². The number of aromatic nitrogens is 1. The number of allylic oxidation sites excluding steroid dienone is 1. The van der Waals surface area contributed by atoms with Gasteiger partial charge >= 0.3 is 0 Å². The van der Waals surface area contributed by atoms with Crippen molar-refractivity contribution in [2.75, 3.05) is 0 Å². The minimum absolute atomic E-state index is 0. The second-order valence-corrected chi connectivity index (χ2v) is 4.45. The Morgan fingerprint density at radius 2 is 2.12 bits per heavy atom.